The van der Waals surface area contributed by atoms with Gasteiger partial charge in [-0.25, -0.2) is 0 Å². The van der Waals surface area contributed by atoms with Crippen LogP contribution in [0.25, 0.3) is 0 Å². The van der Waals surface area contributed by atoms with Crippen LogP contribution in [0, 0.1) is 22.0 Å². The third-order valence-electron chi connectivity index (χ3n) is 1.74. The number of carboxylic acid groups (broad SMARTS) is 1. The highest BCUT2D eigenvalue weighted by molar-refractivity contribution is 5.84. The van der Waals surface area contributed by atoms with Gasteiger partial charge in [-0.1, -0.05) is 18.1 Å². The lowest BCUT2D eigenvalue weighted by molar-refractivity contribution is -0.386. The fourth-order valence-corrected chi connectivity index (χ4v) is 1.09. The molecule has 0 aliphatic carbocycles. The van der Waals surface area contributed by atoms with Gasteiger partial charge in [0.2, 0.25) is 0 Å². The molecule has 0 aliphatic heterocycles. The van der Waals surface area contributed by atoms with Gasteiger partial charge in [0.25, 0.3) is 5.69 Å². The van der Waals surface area contributed by atoms with Crippen molar-refractivity contribution < 1.29 is 19.9 Å². The van der Waals surface area contributed by atoms with Crippen molar-refractivity contribution in [3.05, 3.63) is 39.9 Å². The number of nitrogens with zero attached hydrogens (tertiary/aromatic N) is 1. The predicted molar refractivity (Wildman–Crippen MR) is 50.8 cm³/mol. The molecule has 16 heavy (non-hydrogen) atoms. The maximum atomic E-state index is 10.6. The van der Waals surface area contributed by atoms with Crippen LogP contribution in [0.2, 0.25) is 0 Å². The third kappa shape index (κ3) is 2.80. The number of hydrogen-bond donors (Lipinski definition) is 1. The summed E-state index contributed by atoms with van der Waals surface area (Å²) in [4.78, 5) is 19.9. The predicted octanol–water partition coefficient (Wildman–Crippen LogP) is -0.619. The molecule has 0 saturated carbocycles. The van der Waals surface area contributed by atoms with Crippen molar-refractivity contribution in [2.75, 3.05) is 0 Å². The number of aliphatic hydroxyl groups is 1. The maximum absolute atomic E-state index is 10.6. The summed E-state index contributed by atoms with van der Waals surface area (Å²) in [5.74, 6) is 1.87. The van der Waals surface area contributed by atoms with Gasteiger partial charge in [0.1, 0.15) is 12.1 Å². The second kappa shape index (κ2) is 4.91. The fourth-order valence-electron chi connectivity index (χ4n) is 1.09. The van der Waals surface area contributed by atoms with E-state index in [4.69, 9.17) is 0 Å². The van der Waals surface area contributed by atoms with Crippen molar-refractivity contribution in [1.29, 1.82) is 0 Å². The zero-order valence-electron chi connectivity index (χ0n) is 7.91. The van der Waals surface area contributed by atoms with Gasteiger partial charge in [-0.05, 0) is 12.0 Å². The van der Waals surface area contributed by atoms with E-state index in [1.165, 1.54) is 24.3 Å². The zero-order valence-corrected chi connectivity index (χ0v) is 7.91. The molecule has 1 unspecified atom stereocenters. The summed E-state index contributed by atoms with van der Waals surface area (Å²) in [5.41, 5.74) is -0.371. The number of para-hydroxylation sites is 1. The number of nitro groups is 1. The van der Waals surface area contributed by atoms with Crippen molar-refractivity contribution in [1.82, 2.24) is 0 Å². The first-order valence-corrected chi connectivity index (χ1v) is 4.16. The largest absolute Gasteiger partial charge is 0.537 e. The highest BCUT2D eigenvalue weighted by Gasteiger charge is 2.17. The Morgan fingerprint density at radius 2 is 2.06 bits per heavy atom. The molecule has 0 spiro atoms. The van der Waals surface area contributed by atoms with Crippen LogP contribution >= 0.6 is 0 Å². The molecule has 82 valence electrons. The van der Waals surface area contributed by atoms with E-state index in [0.29, 0.717) is 0 Å². The Balaban J connectivity index is 3.10. The van der Waals surface area contributed by atoms with E-state index in [0.717, 1.165) is 0 Å². The molecule has 0 aromatic heterocycles. The van der Waals surface area contributed by atoms with Crippen molar-refractivity contribution in [2.24, 2.45) is 0 Å². The topological polar surface area (TPSA) is 104 Å². The van der Waals surface area contributed by atoms with Gasteiger partial charge in [-0.15, -0.1) is 0 Å². The van der Waals surface area contributed by atoms with Crippen LogP contribution in [0.15, 0.2) is 24.3 Å². The molecule has 0 radical (unpaired) electrons. The standard InChI is InChI=1S/C10H7NO5/c12-9(5-6-10(13)14)7-3-1-2-4-8(7)11(15)16/h1-4,9,12H,(H,13,14)/p-1. The quantitative estimate of drug-likeness (QED) is 0.406. The minimum Gasteiger partial charge on any atom is -0.537 e. The van der Waals surface area contributed by atoms with Crippen molar-refractivity contribution in [3.8, 4) is 11.8 Å². The zero-order chi connectivity index (χ0) is 12.1. The van der Waals surface area contributed by atoms with E-state index in [1.807, 2.05) is 5.92 Å². The van der Waals surface area contributed by atoms with Gasteiger partial charge in [0.05, 0.1) is 10.5 Å². The lowest BCUT2D eigenvalue weighted by atomic mass is 10.1. The number of carbonyl (C=O) groups excluding carboxylic acids is 1. The van der Waals surface area contributed by atoms with Gasteiger partial charge < -0.3 is 15.0 Å². The Morgan fingerprint density at radius 3 is 2.62 bits per heavy atom. The number of benzene rings is 1. The number of aliphatic carboxylic acids is 1. The maximum Gasteiger partial charge on any atom is 0.276 e. The van der Waals surface area contributed by atoms with E-state index in [-0.39, 0.29) is 11.3 Å². The number of aliphatic hydroxyl groups excluding tert-OH is 1. The first-order valence-electron chi connectivity index (χ1n) is 4.16. The first kappa shape index (κ1) is 11.7. The van der Waals surface area contributed by atoms with E-state index in [9.17, 15) is 25.1 Å². The van der Waals surface area contributed by atoms with Crippen molar-refractivity contribution in [3.63, 3.8) is 0 Å². The van der Waals surface area contributed by atoms with Crippen LogP contribution in [-0.4, -0.2) is 16.0 Å². The third-order valence-corrected chi connectivity index (χ3v) is 1.74. The summed E-state index contributed by atoms with van der Waals surface area (Å²) < 4.78 is 0. The summed E-state index contributed by atoms with van der Waals surface area (Å²) in [6.45, 7) is 0. The second-order valence-corrected chi connectivity index (χ2v) is 2.78. The molecule has 0 amide bonds. The molecule has 0 saturated heterocycles. The van der Waals surface area contributed by atoms with Gasteiger partial charge in [0.15, 0.2) is 0 Å². The highest BCUT2D eigenvalue weighted by Crippen LogP contribution is 2.23. The van der Waals surface area contributed by atoms with E-state index in [2.05, 4.69) is 0 Å². The molecule has 1 atom stereocenters. The molecular weight excluding hydrogens is 214 g/mol. The fraction of sp³-hybridized carbons (Fsp3) is 0.100. The smallest absolute Gasteiger partial charge is 0.276 e. The molecule has 1 rings (SSSR count). The van der Waals surface area contributed by atoms with Crippen LogP contribution < -0.4 is 5.11 Å². The van der Waals surface area contributed by atoms with Crippen LogP contribution in [-0.2, 0) is 4.79 Å². The van der Waals surface area contributed by atoms with Gasteiger partial charge >= 0.3 is 0 Å². The average Bonchev–Trinajstić information content (AvgIpc) is 2.25. The molecule has 6 nitrogen and oxygen atoms in total. The van der Waals surface area contributed by atoms with E-state index in [1.54, 1.807) is 5.92 Å². The molecule has 6 heteroatoms. The molecule has 0 aliphatic rings. The van der Waals surface area contributed by atoms with E-state index < -0.39 is 17.0 Å². The van der Waals surface area contributed by atoms with Gasteiger partial charge in [0, 0.05) is 6.07 Å². The number of hydrogen-bond acceptors (Lipinski definition) is 5. The molecule has 1 aromatic rings. The van der Waals surface area contributed by atoms with Crippen molar-refractivity contribution in [2.45, 2.75) is 6.10 Å². The number of nitro benzene ring substituents is 1. The Bertz CT molecular complexity index is 485. The second-order valence-electron chi connectivity index (χ2n) is 2.78. The van der Waals surface area contributed by atoms with Crippen LogP contribution in [0.1, 0.15) is 11.7 Å². The van der Waals surface area contributed by atoms with E-state index >= 15 is 0 Å². The summed E-state index contributed by atoms with van der Waals surface area (Å²) in [6.07, 6.45) is -1.53. The lowest BCUT2D eigenvalue weighted by Gasteiger charge is -2.04. The van der Waals surface area contributed by atoms with Crippen LogP contribution in [0.5, 0.6) is 0 Å². The summed E-state index contributed by atoms with van der Waals surface area (Å²) in [6, 6.07) is 5.40. The Kier molecular flexibility index (Phi) is 3.58. The molecule has 1 N–H and O–H groups in total. The molecule has 0 bridgehead atoms. The Labute approximate surface area is 90.3 Å². The molecule has 0 fully saturated rings. The molecular formula is C10H6NO5-. The average molecular weight is 220 g/mol. The number of carbonyl (C=O) groups is 1. The summed E-state index contributed by atoms with van der Waals surface area (Å²) in [7, 11) is 0. The molecule has 1 aromatic carbocycles. The number of rotatable bonds is 2. The lowest BCUT2D eigenvalue weighted by Crippen LogP contribution is -2.19. The monoisotopic (exact) mass is 220 g/mol. The van der Waals surface area contributed by atoms with Crippen LogP contribution in [0.4, 0.5) is 5.69 Å². The summed E-state index contributed by atoms with van der Waals surface area (Å²) >= 11 is 0. The SMILES string of the molecule is O=C([O-])C#CC(O)c1ccccc1[N+](=O)[O-]. The Hall–Kier alpha value is -2.39. The minimum atomic E-state index is -1.65. The first-order chi connectivity index (χ1) is 7.52. The Morgan fingerprint density at radius 1 is 1.44 bits per heavy atom. The highest BCUT2D eigenvalue weighted by atomic mass is 16.6. The van der Waals surface area contributed by atoms with Gasteiger partial charge in [-0.3, -0.25) is 10.1 Å². The minimum absolute atomic E-state index is 0.0544. The molecule has 0 heterocycles. The van der Waals surface area contributed by atoms with Crippen molar-refractivity contribution >= 4 is 11.7 Å². The van der Waals surface area contributed by atoms with Crippen LogP contribution in [0.3, 0.4) is 0 Å². The summed E-state index contributed by atoms with van der Waals surface area (Å²) in [5, 5.41) is 30.0. The van der Waals surface area contributed by atoms with Gasteiger partial charge in [-0.2, -0.15) is 0 Å². The number of carboxylic acids is 1. The normalized spacial score (nSPS) is 11.1.